The highest BCUT2D eigenvalue weighted by molar-refractivity contribution is 5.38. The first-order valence-corrected chi connectivity index (χ1v) is 7.32. The van der Waals surface area contributed by atoms with Crippen molar-refractivity contribution in [3.8, 4) is 0 Å². The highest BCUT2D eigenvalue weighted by atomic mass is 14.9. The summed E-state index contributed by atoms with van der Waals surface area (Å²) in [6.07, 6.45) is 7.11. The molecule has 1 aliphatic heterocycles. The van der Waals surface area contributed by atoms with Gasteiger partial charge in [0.1, 0.15) is 0 Å². The third kappa shape index (κ3) is 2.52. The third-order valence-electron chi connectivity index (χ3n) is 4.33. The third-order valence-corrected chi connectivity index (χ3v) is 4.33. The van der Waals surface area contributed by atoms with Crippen molar-refractivity contribution < 1.29 is 0 Å². The zero-order valence-electron chi connectivity index (χ0n) is 12.2. The molecule has 2 atom stereocenters. The number of allylic oxidation sites excluding steroid dienone is 3. The van der Waals surface area contributed by atoms with Gasteiger partial charge in [-0.05, 0) is 51.3 Å². The van der Waals surface area contributed by atoms with Crippen molar-refractivity contribution in [2.45, 2.75) is 39.7 Å². The number of hydrogen-bond acceptors (Lipinski definition) is 1. The molecule has 100 valence electrons. The highest BCUT2D eigenvalue weighted by Crippen LogP contribution is 2.36. The van der Waals surface area contributed by atoms with Crippen LogP contribution in [0.25, 0.3) is 0 Å². The summed E-state index contributed by atoms with van der Waals surface area (Å²) in [4.78, 5) is 0. The van der Waals surface area contributed by atoms with Gasteiger partial charge in [-0.2, -0.15) is 0 Å². The minimum absolute atomic E-state index is 0.488. The monoisotopic (exact) mass is 253 g/mol. The minimum Gasteiger partial charge on any atom is -0.309 e. The molecule has 1 heterocycles. The molecule has 0 radical (unpaired) electrons. The average molecular weight is 253 g/mol. The first-order valence-electron chi connectivity index (χ1n) is 7.32. The number of rotatable bonds is 1. The van der Waals surface area contributed by atoms with Gasteiger partial charge in [-0.1, -0.05) is 47.1 Å². The molecule has 1 heteroatoms. The summed E-state index contributed by atoms with van der Waals surface area (Å²) in [5, 5.41) is 3.74. The largest absolute Gasteiger partial charge is 0.309 e. The summed E-state index contributed by atoms with van der Waals surface area (Å²) < 4.78 is 0. The minimum atomic E-state index is 0.488. The SMILES string of the molecule is CC1=CC(C2NCCc3ccc(C)cc32)CC(C)=C1. The molecule has 1 aromatic carbocycles. The fourth-order valence-electron chi connectivity index (χ4n) is 3.56. The molecule has 1 N–H and O–H groups in total. The van der Waals surface area contributed by atoms with Crippen molar-refractivity contribution in [2.24, 2.45) is 5.92 Å². The van der Waals surface area contributed by atoms with Crippen molar-refractivity contribution in [1.29, 1.82) is 0 Å². The topological polar surface area (TPSA) is 12.0 Å². The molecule has 1 aliphatic carbocycles. The molecule has 3 rings (SSSR count). The smallest absolute Gasteiger partial charge is 0.0389 e. The summed E-state index contributed by atoms with van der Waals surface area (Å²) in [6.45, 7) is 7.77. The van der Waals surface area contributed by atoms with E-state index >= 15 is 0 Å². The zero-order valence-corrected chi connectivity index (χ0v) is 12.2. The van der Waals surface area contributed by atoms with Gasteiger partial charge < -0.3 is 5.32 Å². The molecule has 0 saturated heterocycles. The maximum atomic E-state index is 3.74. The first-order chi connectivity index (χ1) is 9.13. The van der Waals surface area contributed by atoms with Crippen LogP contribution in [0.1, 0.15) is 43.0 Å². The molecular weight excluding hydrogens is 230 g/mol. The second-order valence-corrected chi connectivity index (χ2v) is 6.15. The zero-order chi connectivity index (χ0) is 13.4. The van der Waals surface area contributed by atoms with Gasteiger partial charge in [-0.25, -0.2) is 0 Å². The molecule has 0 spiro atoms. The summed E-state index contributed by atoms with van der Waals surface area (Å²) in [5.41, 5.74) is 7.35. The predicted octanol–water partition coefficient (Wildman–Crippen LogP) is 4.09. The summed E-state index contributed by atoms with van der Waals surface area (Å²) in [7, 11) is 0. The van der Waals surface area contributed by atoms with E-state index in [1.165, 1.54) is 34.3 Å². The molecule has 1 nitrogen and oxygen atoms in total. The maximum Gasteiger partial charge on any atom is 0.0389 e. The average Bonchev–Trinajstić information content (AvgIpc) is 2.36. The molecule has 0 saturated carbocycles. The van der Waals surface area contributed by atoms with Gasteiger partial charge in [0.25, 0.3) is 0 Å². The van der Waals surface area contributed by atoms with Crippen molar-refractivity contribution in [2.75, 3.05) is 6.54 Å². The quantitative estimate of drug-likeness (QED) is 0.794. The molecule has 19 heavy (non-hydrogen) atoms. The Labute approximate surface area is 116 Å². The van der Waals surface area contributed by atoms with Crippen LogP contribution in [0.5, 0.6) is 0 Å². The van der Waals surface area contributed by atoms with E-state index < -0.39 is 0 Å². The lowest BCUT2D eigenvalue weighted by Crippen LogP contribution is -2.35. The van der Waals surface area contributed by atoms with Crippen LogP contribution in [-0.2, 0) is 6.42 Å². The second-order valence-electron chi connectivity index (χ2n) is 6.15. The van der Waals surface area contributed by atoms with Crippen molar-refractivity contribution in [1.82, 2.24) is 5.32 Å². The molecule has 0 bridgehead atoms. The number of benzene rings is 1. The van der Waals surface area contributed by atoms with E-state index in [0.29, 0.717) is 12.0 Å². The Kier molecular flexibility index (Phi) is 3.32. The highest BCUT2D eigenvalue weighted by Gasteiger charge is 2.27. The van der Waals surface area contributed by atoms with Crippen LogP contribution in [0.15, 0.2) is 41.5 Å². The lowest BCUT2D eigenvalue weighted by Gasteiger charge is -2.34. The van der Waals surface area contributed by atoms with E-state index in [4.69, 9.17) is 0 Å². The van der Waals surface area contributed by atoms with E-state index in [0.717, 1.165) is 13.0 Å². The number of hydrogen-bond donors (Lipinski definition) is 1. The lowest BCUT2D eigenvalue weighted by molar-refractivity contribution is 0.396. The van der Waals surface area contributed by atoms with Crippen LogP contribution < -0.4 is 5.32 Å². The normalized spacial score (nSPS) is 26.5. The van der Waals surface area contributed by atoms with E-state index in [1.54, 1.807) is 0 Å². The van der Waals surface area contributed by atoms with Gasteiger partial charge in [-0.3, -0.25) is 0 Å². The molecule has 2 unspecified atom stereocenters. The Morgan fingerprint density at radius 1 is 1.16 bits per heavy atom. The number of nitrogens with one attached hydrogen (secondary N) is 1. The van der Waals surface area contributed by atoms with Gasteiger partial charge in [-0.15, -0.1) is 0 Å². The molecular formula is C18H23N. The van der Waals surface area contributed by atoms with Crippen LogP contribution in [0.2, 0.25) is 0 Å². The Hall–Kier alpha value is -1.34. The number of aryl methyl sites for hydroxylation is 1. The standard InChI is InChI=1S/C18H23N/c1-12-4-5-15-6-7-19-18(17(15)11-12)16-9-13(2)8-14(3)10-16/h4-5,8-9,11,16,18-19H,6-7,10H2,1-3H3. The Morgan fingerprint density at radius 2 is 2.00 bits per heavy atom. The summed E-state index contributed by atoms with van der Waals surface area (Å²) in [6, 6.07) is 7.43. The van der Waals surface area contributed by atoms with Crippen LogP contribution >= 0.6 is 0 Å². The van der Waals surface area contributed by atoms with E-state index in [9.17, 15) is 0 Å². The molecule has 2 aliphatic rings. The molecule has 0 fully saturated rings. The Balaban J connectivity index is 1.96. The van der Waals surface area contributed by atoms with Crippen LogP contribution in [0.4, 0.5) is 0 Å². The van der Waals surface area contributed by atoms with Gasteiger partial charge >= 0.3 is 0 Å². The van der Waals surface area contributed by atoms with E-state index in [2.05, 4.69) is 56.4 Å². The first kappa shape index (κ1) is 12.7. The van der Waals surface area contributed by atoms with Gasteiger partial charge in [0.15, 0.2) is 0 Å². The van der Waals surface area contributed by atoms with E-state index in [-0.39, 0.29) is 0 Å². The lowest BCUT2D eigenvalue weighted by atomic mass is 9.79. The molecule has 0 aromatic heterocycles. The maximum absolute atomic E-state index is 3.74. The van der Waals surface area contributed by atoms with E-state index in [1.807, 2.05) is 0 Å². The molecule has 0 amide bonds. The van der Waals surface area contributed by atoms with Crippen molar-refractivity contribution in [3.63, 3.8) is 0 Å². The summed E-state index contributed by atoms with van der Waals surface area (Å²) in [5.74, 6) is 0.603. The Morgan fingerprint density at radius 3 is 2.79 bits per heavy atom. The van der Waals surface area contributed by atoms with Gasteiger partial charge in [0.05, 0.1) is 0 Å². The Bertz CT molecular complexity index is 551. The van der Waals surface area contributed by atoms with Crippen LogP contribution in [0.3, 0.4) is 0 Å². The molecule has 1 aromatic rings. The van der Waals surface area contributed by atoms with Gasteiger partial charge in [0.2, 0.25) is 0 Å². The fourth-order valence-corrected chi connectivity index (χ4v) is 3.56. The fraction of sp³-hybridized carbons (Fsp3) is 0.444. The van der Waals surface area contributed by atoms with Crippen molar-refractivity contribution >= 4 is 0 Å². The predicted molar refractivity (Wildman–Crippen MR) is 81.2 cm³/mol. The van der Waals surface area contributed by atoms with Crippen molar-refractivity contribution in [3.05, 3.63) is 58.2 Å². The second kappa shape index (κ2) is 4.97. The number of fused-ring (bicyclic) bond motifs is 1. The van der Waals surface area contributed by atoms with Gasteiger partial charge in [0, 0.05) is 12.0 Å². The van der Waals surface area contributed by atoms with Crippen LogP contribution in [0, 0.1) is 12.8 Å². The van der Waals surface area contributed by atoms with Crippen LogP contribution in [-0.4, -0.2) is 6.54 Å². The summed E-state index contributed by atoms with van der Waals surface area (Å²) >= 11 is 0.